The first-order valence-electron chi connectivity index (χ1n) is 12.0. The van der Waals surface area contributed by atoms with E-state index in [1.54, 1.807) is 6.92 Å². The minimum absolute atomic E-state index is 0.123. The summed E-state index contributed by atoms with van der Waals surface area (Å²) in [5.41, 5.74) is -3.69. The fourth-order valence-corrected chi connectivity index (χ4v) is 10.5. The second-order valence-corrected chi connectivity index (χ2v) is 12.0. The molecule has 7 rings (SSSR count). The molecular formula is C25H32O7. The zero-order chi connectivity index (χ0) is 23.1. The number of carbonyl (C=O) groups is 3. The van der Waals surface area contributed by atoms with Gasteiger partial charge in [0.15, 0.2) is 0 Å². The second kappa shape index (κ2) is 5.66. The Kier molecular flexibility index (Phi) is 3.69. The van der Waals surface area contributed by atoms with E-state index in [9.17, 15) is 29.7 Å². The van der Waals surface area contributed by atoms with E-state index in [1.165, 1.54) is 0 Å². The molecule has 7 heteroatoms. The third-order valence-electron chi connectivity index (χ3n) is 11.4. The van der Waals surface area contributed by atoms with Gasteiger partial charge >= 0.3 is 11.9 Å². The molecule has 0 unspecified atom stereocenters. The molecule has 1 aliphatic heterocycles. The van der Waals surface area contributed by atoms with Gasteiger partial charge in [0.25, 0.3) is 0 Å². The van der Waals surface area contributed by atoms with Crippen molar-refractivity contribution in [1.29, 1.82) is 0 Å². The number of aliphatic hydroxyl groups is 1. The Morgan fingerprint density at radius 2 is 1.66 bits per heavy atom. The van der Waals surface area contributed by atoms with Gasteiger partial charge in [0.1, 0.15) is 11.4 Å². The van der Waals surface area contributed by atoms with Crippen molar-refractivity contribution < 1.29 is 34.4 Å². The van der Waals surface area contributed by atoms with Gasteiger partial charge in [-0.2, -0.15) is 0 Å². The van der Waals surface area contributed by atoms with Crippen LogP contribution in [0, 0.1) is 45.3 Å². The standard InChI is InChI=1S/C25H32O7/c1-12(26)14-4-5-15-21(14,2)11-16-25(32-16)22(3)7-6-13(27)10-23(22)8-9-24(15,25)18(20(30)31)17(23)19(28)29/h8-9,13-18,27H,4-7,10-11H2,1-3H3,(H,28,29)(H,30,31)/t13-,14+,15+,16+,17-,18+,21+,22-,23-,24+,25-/m0/s1. The molecular weight excluding hydrogens is 412 g/mol. The summed E-state index contributed by atoms with van der Waals surface area (Å²) in [6.07, 6.45) is 6.62. The third kappa shape index (κ3) is 1.79. The fourth-order valence-electron chi connectivity index (χ4n) is 10.5. The number of ketones is 1. The Bertz CT molecular complexity index is 989. The smallest absolute Gasteiger partial charge is 0.308 e. The fraction of sp³-hybridized carbons (Fsp3) is 0.800. The predicted octanol–water partition coefficient (Wildman–Crippen LogP) is 2.66. The molecule has 5 fully saturated rings. The molecule has 0 aromatic rings. The van der Waals surface area contributed by atoms with Crippen molar-refractivity contribution in [3.8, 4) is 0 Å². The van der Waals surface area contributed by atoms with Gasteiger partial charge in [-0.05, 0) is 56.8 Å². The van der Waals surface area contributed by atoms with Gasteiger partial charge < -0.3 is 20.1 Å². The van der Waals surface area contributed by atoms with Crippen molar-refractivity contribution in [2.75, 3.05) is 0 Å². The monoisotopic (exact) mass is 444 g/mol. The van der Waals surface area contributed by atoms with Gasteiger partial charge in [0.2, 0.25) is 0 Å². The molecule has 1 saturated heterocycles. The molecule has 0 aromatic carbocycles. The molecule has 0 radical (unpaired) electrons. The first-order chi connectivity index (χ1) is 14.9. The van der Waals surface area contributed by atoms with Gasteiger partial charge in [-0.25, -0.2) is 0 Å². The van der Waals surface area contributed by atoms with Crippen LogP contribution in [0.1, 0.15) is 59.3 Å². The molecule has 6 aliphatic carbocycles. The van der Waals surface area contributed by atoms with Crippen LogP contribution >= 0.6 is 0 Å². The molecule has 7 nitrogen and oxygen atoms in total. The van der Waals surface area contributed by atoms with Crippen molar-refractivity contribution in [3.05, 3.63) is 12.2 Å². The van der Waals surface area contributed by atoms with Crippen LogP contribution in [0.4, 0.5) is 0 Å². The van der Waals surface area contributed by atoms with Crippen LogP contribution in [0.5, 0.6) is 0 Å². The summed E-state index contributed by atoms with van der Waals surface area (Å²) in [4.78, 5) is 38.4. The highest BCUT2D eigenvalue weighted by atomic mass is 16.6. The van der Waals surface area contributed by atoms with E-state index in [1.807, 2.05) is 12.2 Å². The van der Waals surface area contributed by atoms with Gasteiger partial charge in [-0.3, -0.25) is 14.4 Å². The summed E-state index contributed by atoms with van der Waals surface area (Å²) in [5, 5.41) is 31.7. The van der Waals surface area contributed by atoms with Crippen molar-refractivity contribution >= 4 is 17.7 Å². The number of hydrogen-bond donors (Lipinski definition) is 3. The largest absolute Gasteiger partial charge is 0.481 e. The van der Waals surface area contributed by atoms with E-state index in [0.29, 0.717) is 32.1 Å². The highest BCUT2D eigenvalue weighted by Gasteiger charge is 2.93. The van der Waals surface area contributed by atoms with E-state index in [2.05, 4.69) is 13.8 Å². The maximum Gasteiger partial charge on any atom is 0.308 e. The normalized spacial score (nSPS) is 58.9. The van der Waals surface area contributed by atoms with Gasteiger partial charge in [0, 0.05) is 22.2 Å². The highest BCUT2D eigenvalue weighted by Crippen LogP contribution is 2.87. The molecule has 32 heavy (non-hydrogen) atoms. The number of ether oxygens (including phenoxy) is 1. The highest BCUT2D eigenvalue weighted by molar-refractivity contribution is 5.85. The number of carbonyl (C=O) groups excluding carboxylic acids is 1. The lowest BCUT2D eigenvalue weighted by molar-refractivity contribution is -0.252. The molecule has 1 heterocycles. The Morgan fingerprint density at radius 1 is 0.969 bits per heavy atom. The Labute approximate surface area is 187 Å². The van der Waals surface area contributed by atoms with Crippen LogP contribution in [-0.2, 0) is 19.1 Å². The summed E-state index contributed by atoms with van der Waals surface area (Å²) in [7, 11) is 0. The lowest BCUT2D eigenvalue weighted by Crippen LogP contribution is -2.78. The maximum absolute atomic E-state index is 13.0. The number of aliphatic carboxylic acids is 2. The average Bonchev–Trinajstić information content (AvgIpc) is 3.31. The van der Waals surface area contributed by atoms with E-state index in [0.717, 1.165) is 0 Å². The molecule has 0 aromatic heterocycles. The Balaban J connectivity index is 1.66. The minimum atomic E-state index is -1.15. The van der Waals surface area contributed by atoms with Crippen LogP contribution in [0.15, 0.2) is 12.2 Å². The van der Waals surface area contributed by atoms with Crippen LogP contribution in [0.2, 0.25) is 0 Å². The van der Waals surface area contributed by atoms with Crippen LogP contribution in [0.3, 0.4) is 0 Å². The van der Waals surface area contributed by atoms with Crippen LogP contribution < -0.4 is 0 Å². The minimum Gasteiger partial charge on any atom is -0.481 e. The number of rotatable bonds is 3. The zero-order valence-electron chi connectivity index (χ0n) is 18.8. The SMILES string of the molecule is CC(=O)[C@H]1CC[C@@H]2[C@]1(C)C[C@H]1O[C@@]13[C@]21C=C[C@]2(C[C@@H](O)CC[C@]32C)[C@H](C(=O)O)[C@@H]1C(=O)O. The lowest BCUT2D eigenvalue weighted by Gasteiger charge is -2.73. The Hall–Kier alpha value is -1.73. The number of allylic oxidation sites excluding steroid dienone is 1. The maximum atomic E-state index is 13.0. The summed E-state index contributed by atoms with van der Waals surface area (Å²) < 4.78 is 6.63. The van der Waals surface area contributed by atoms with Crippen molar-refractivity contribution in [2.45, 2.75) is 77.1 Å². The number of fused-ring (bicyclic) bond motifs is 2. The molecule has 2 bridgehead atoms. The van der Waals surface area contributed by atoms with Crippen molar-refractivity contribution in [2.24, 2.45) is 45.3 Å². The predicted molar refractivity (Wildman–Crippen MR) is 111 cm³/mol. The molecule has 3 spiro atoms. The lowest BCUT2D eigenvalue weighted by atomic mass is 9.27. The van der Waals surface area contributed by atoms with E-state index < -0.39 is 57.1 Å². The second-order valence-electron chi connectivity index (χ2n) is 12.0. The molecule has 174 valence electrons. The van der Waals surface area contributed by atoms with Crippen LogP contribution in [0.25, 0.3) is 0 Å². The van der Waals surface area contributed by atoms with Gasteiger partial charge in [-0.1, -0.05) is 26.0 Å². The Morgan fingerprint density at radius 3 is 2.28 bits per heavy atom. The number of hydrogen-bond acceptors (Lipinski definition) is 5. The molecule has 4 saturated carbocycles. The van der Waals surface area contributed by atoms with E-state index in [4.69, 9.17) is 4.74 Å². The average molecular weight is 445 g/mol. The van der Waals surface area contributed by atoms with E-state index >= 15 is 0 Å². The van der Waals surface area contributed by atoms with Gasteiger partial charge in [0.05, 0.1) is 24.0 Å². The zero-order valence-corrected chi connectivity index (χ0v) is 18.8. The summed E-state index contributed by atoms with van der Waals surface area (Å²) in [5.74, 6) is -4.68. The number of carboxylic acids is 2. The number of aliphatic hydroxyl groups excluding tert-OH is 1. The van der Waals surface area contributed by atoms with Crippen LogP contribution in [-0.4, -0.2) is 50.9 Å². The van der Waals surface area contributed by atoms with Crippen molar-refractivity contribution in [3.63, 3.8) is 0 Å². The topological polar surface area (TPSA) is 124 Å². The number of carboxylic acid groups (broad SMARTS) is 2. The summed E-state index contributed by atoms with van der Waals surface area (Å²) in [6.45, 7) is 5.81. The molecule has 0 amide bonds. The summed E-state index contributed by atoms with van der Waals surface area (Å²) in [6, 6.07) is 0. The molecule has 11 atom stereocenters. The quantitative estimate of drug-likeness (QED) is 0.451. The molecule has 7 aliphatic rings. The number of epoxide rings is 1. The first-order valence-corrected chi connectivity index (χ1v) is 12.0. The number of Topliss-reactive ketones (excluding diaryl/α,β-unsaturated/α-hetero) is 1. The van der Waals surface area contributed by atoms with Gasteiger partial charge in [-0.15, -0.1) is 0 Å². The molecule has 3 N–H and O–H groups in total. The first kappa shape index (κ1) is 20.8. The third-order valence-corrected chi connectivity index (χ3v) is 11.4. The van der Waals surface area contributed by atoms with E-state index in [-0.39, 0.29) is 30.1 Å². The summed E-state index contributed by atoms with van der Waals surface area (Å²) >= 11 is 0. The van der Waals surface area contributed by atoms with Crippen molar-refractivity contribution in [1.82, 2.24) is 0 Å².